The van der Waals surface area contributed by atoms with Gasteiger partial charge in [0.1, 0.15) is 5.65 Å². The van der Waals surface area contributed by atoms with E-state index in [1.165, 1.54) is 19.2 Å². The third-order valence-corrected chi connectivity index (χ3v) is 3.80. The smallest absolute Gasteiger partial charge is 0.346 e. The number of ketones is 1. The molecule has 0 atom stereocenters. The number of nitrogens with one attached hydrogen (secondary N) is 1. The molecule has 3 aromatic rings. The molecule has 0 saturated carbocycles. The second-order valence-corrected chi connectivity index (χ2v) is 5.89. The number of hydrogen-bond donors (Lipinski definition) is 1. The Morgan fingerprint density at radius 1 is 1.16 bits per heavy atom. The first-order valence-electron chi connectivity index (χ1n) is 7.59. The van der Waals surface area contributed by atoms with E-state index in [1.54, 1.807) is 31.3 Å². The molecule has 0 amide bonds. The summed E-state index contributed by atoms with van der Waals surface area (Å²) in [7, 11) is 0. The predicted molar refractivity (Wildman–Crippen MR) is 91.0 cm³/mol. The third kappa shape index (κ3) is 3.63. The van der Waals surface area contributed by atoms with E-state index in [0.717, 1.165) is 23.1 Å². The lowest BCUT2D eigenvalue weighted by molar-refractivity contribution is -0.137. The summed E-state index contributed by atoms with van der Waals surface area (Å²) in [5.74, 6) is -0.0908. The van der Waals surface area contributed by atoms with E-state index in [1.807, 2.05) is 0 Å². The van der Waals surface area contributed by atoms with Crippen LogP contribution in [0, 0.1) is 6.92 Å². The molecule has 128 valence electrons. The number of H-pyrrole nitrogens is 1. The summed E-state index contributed by atoms with van der Waals surface area (Å²) in [5, 5.41) is 0.741. The monoisotopic (exact) mass is 344 g/mol. The van der Waals surface area contributed by atoms with Gasteiger partial charge in [-0.05, 0) is 55.3 Å². The van der Waals surface area contributed by atoms with Crippen LogP contribution in [-0.4, -0.2) is 15.8 Å². The first-order valence-corrected chi connectivity index (χ1v) is 7.59. The molecule has 1 aromatic carbocycles. The minimum absolute atomic E-state index is 0.0908. The average molecular weight is 344 g/mol. The summed E-state index contributed by atoms with van der Waals surface area (Å²) in [6.07, 6.45) is 1.93. The Morgan fingerprint density at radius 3 is 2.60 bits per heavy atom. The molecular weight excluding hydrogens is 329 g/mol. The molecule has 0 aliphatic rings. The highest BCUT2D eigenvalue weighted by Gasteiger charge is 2.31. The molecule has 6 heteroatoms. The van der Waals surface area contributed by atoms with Crippen molar-refractivity contribution >= 4 is 22.9 Å². The summed E-state index contributed by atoms with van der Waals surface area (Å²) >= 11 is 0. The minimum Gasteiger partial charge on any atom is -0.346 e. The number of alkyl halides is 3. The number of aryl methyl sites for hydroxylation is 1. The number of hydrogen-bond acceptors (Lipinski definition) is 2. The second kappa shape index (κ2) is 6.20. The molecule has 2 aromatic heterocycles. The van der Waals surface area contributed by atoms with Crippen molar-refractivity contribution in [2.24, 2.45) is 0 Å². The molecule has 0 fully saturated rings. The van der Waals surface area contributed by atoms with Crippen LogP contribution in [0.3, 0.4) is 0 Å². The van der Waals surface area contributed by atoms with E-state index in [-0.39, 0.29) is 5.78 Å². The maximum Gasteiger partial charge on any atom is 0.416 e. The normalized spacial score (nSPS) is 12.2. The number of benzene rings is 1. The molecule has 0 radical (unpaired) electrons. The Labute approximate surface area is 142 Å². The Balaban J connectivity index is 2.12. The first kappa shape index (κ1) is 17.0. The lowest BCUT2D eigenvalue weighted by atomic mass is 10.00. The van der Waals surface area contributed by atoms with Gasteiger partial charge in [0.05, 0.1) is 5.56 Å². The number of aromatic amines is 1. The van der Waals surface area contributed by atoms with E-state index in [0.29, 0.717) is 22.3 Å². The molecule has 0 aliphatic heterocycles. The van der Waals surface area contributed by atoms with Gasteiger partial charge < -0.3 is 4.98 Å². The first-order chi connectivity index (χ1) is 11.7. The van der Waals surface area contributed by atoms with Gasteiger partial charge in [-0.1, -0.05) is 6.07 Å². The standard InChI is InChI=1S/C19H15F3N2O/c1-11-5-14(7-16(6-11)19(20,21)22)15-8-17-13(4-3-12(2)25)9-23-18(17)24-10-15/h3-10H,1-2H3,(H,23,24)/b4-3+. The Kier molecular flexibility index (Phi) is 4.20. The number of halogens is 3. The van der Waals surface area contributed by atoms with Gasteiger partial charge in [-0.15, -0.1) is 0 Å². The van der Waals surface area contributed by atoms with Crippen LogP contribution in [0.25, 0.3) is 28.2 Å². The predicted octanol–water partition coefficient (Wildman–Crippen LogP) is 5.16. The number of carbonyl (C=O) groups is 1. The maximum absolute atomic E-state index is 13.0. The Morgan fingerprint density at radius 2 is 1.92 bits per heavy atom. The molecule has 2 heterocycles. The molecule has 0 bridgehead atoms. The molecule has 3 nitrogen and oxygen atoms in total. The van der Waals surface area contributed by atoms with Gasteiger partial charge in [0, 0.05) is 28.9 Å². The van der Waals surface area contributed by atoms with Crippen molar-refractivity contribution in [3.63, 3.8) is 0 Å². The van der Waals surface area contributed by atoms with Crippen LogP contribution in [-0.2, 0) is 11.0 Å². The Bertz CT molecular complexity index is 984. The third-order valence-electron chi connectivity index (χ3n) is 3.80. The van der Waals surface area contributed by atoms with Gasteiger partial charge in [-0.2, -0.15) is 13.2 Å². The fourth-order valence-corrected chi connectivity index (χ4v) is 2.64. The molecule has 0 saturated heterocycles. The lowest BCUT2D eigenvalue weighted by Gasteiger charge is -2.11. The van der Waals surface area contributed by atoms with Gasteiger partial charge in [-0.3, -0.25) is 4.79 Å². The van der Waals surface area contributed by atoms with Crippen molar-refractivity contribution in [2.75, 3.05) is 0 Å². The summed E-state index contributed by atoms with van der Waals surface area (Å²) in [5.41, 5.74) is 2.23. The zero-order valence-electron chi connectivity index (χ0n) is 13.6. The highest BCUT2D eigenvalue weighted by Crippen LogP contribution is 2.34. The van der Waals surface area contributed by atoms with E-state index in [9.17, 15) is 18.0 Å². The number of rotatable bonds is 3. The van der Waals surface area contributed by atoms with Crippen molar-refractivity contribution in [1.82, 2.24) is 9.97 Å². The highest BCUT2D eigenvalue weighted by molar-refractivity contribution is 5.96. The summed E-state index contributed by atoms with van der Waals surface area (Å²) in [6.45, 7) is 3.07. The quantitative estimate of drug-likeness (QED) is 0.667. The molecule has 0 aliphatic carbocycles. The van der Waals surface area contributed by atoms with Crippen molar-refractivity contribution in [3.8, 4) is 11.1 Å². The van der Waals surface area contributed by atoms with E-state index in [4.69, 9.17) is 0 Å². The summed E-state index contributed by atoms with van der Waals surface area (Å²) in [4.78, 5) is 18.4. The van der Waals surface area contributed by atoms with Crippen LogP contribution in [0.15, 0.2) is 42.7 Å². The summed E-state index contributed by atoms with van der Waals surface area (Å²) < 4.78 is 39.1. The van der Waals surface area contributed by atoms with Crippen LogP contribution >= 0.6 is 0 Å². The molecule has 25 heavy (non-hydrogen) atoms. The summed E-state index contributed by atoms with van der Waals surface area (Å²) in [6, 6.07) is 5.70. The topological polar surface area (TPSA) is 45.8 Å². The van der Waals surface area contributed by atoms with Crippen molar-refractivity contribution in [2.45, 2.75) is 20.0 Å². The molecule has 3 rings (SSSR count). The van der Waals surface area contributed by atoms with Gasteiger partial charge in [0.15, 0.2) is 5.78 Å². The molecule has 0 spiro atoms. The molecular formula is C19H15F3N2O. The fraction of sp³-hybridized carbons (Fsp3) is 0.158. The number of pyridine rings is 1. The van der Waals surface area contributed by atoms with Crippen LogP contribution in [0.1, 0.15) is 23.6 Å². The van der Waals surface area contributed by atoms with Crippen LogP contribution in [0.4, 0.5) is 13.2 Å². The number of allylic oxidation sites excluding steroid dienone is 1. The minimum atomic E-state index is -4.40. The van der Waals surface area contributed by atoms with Crippen LogP contribution in [0.5, 0.6) is 0 Å². The molecule has 0 unspecified atom stereocenters. The fourth-order valence-electron chi connectivity index (χ4n) is 2.64. The SMILES string of the molecule is CC(=O)/C=C/c1c[nH]c2ncc(-c3cc(C)cc(C(F)(F)F)c3)cc12. The van der Waals surface area contributed by atoms with Crippen LogP contribution < -0.4 is 0 Å². The number of nitrogens with zero attached hydrogens (tertiary/aromatic N) is 1. The van der Waals surface area contributed by atoms with Gasteiger partial charge in [0.2, 0.25) is 0 Å². The van der Waals surface area contributed by atoms with Crippen molar-refractivity contribution in [1.29, 1.82) is 0 Å². The van der Waals surface area contributed by atoms with E-state index < -0.39 is 11.7 Å². The van der Waals surface area contributed by atoms with Gasteiger partial charge in [-0.25, -0.2) is 4.98 Å². The van der Waals surface area contributed by atoms with Crippen LogP contribution in [0.2, 0.25) is 0 Å². The zero-order chi connectivity index (χ0) is 18.2. The lowest BCUT2D eigenvalue weighted by Crippen LogP contribution is -2.05. The van der Waals surface area contributed by atoms with Crippen molar-refractivity contribution in [3.05, 3.63) is 59.4 Å². The largest absolute Gasteiger partial charge is 0.416 e. The molecule has 1 N–H and O–H groups in total. The van der Waals surface area contributed by atoms with Crippen molar-refractivity contribution < 1.29 is 18.0 Å². The average Bonchev–Trinajstić information content (AvgIpc) is 2.93. The van der Waals surface area contributed by atoms with Gasteiger partial charge >= 0.3 is 6.18 Å². The number of carbonyl (C=O) groups excluding carboxylic acids is 1. The number of aromatic nitrogens is 2. The second-order valence-electron chi connectivity index (χ2n) is 5.89. The van der Waals surface area contributed by atoms with E-state index in [2.05, 4.69) is 9.97 Å². The number of fused-ring (bicyclic) bond motifs is 1. The van der Waals surface area contributed by atoms with E-state index >= 15 is 0 Å². The Hall–Kier alpha value is -2.89. The van der Waals surface area contributed by atoms with Gasteiger partial charge in [0.25, 0.3) is 0 Å². The highest BCUT2D eigenvalue weighted by atomic mass is 19.4. The zero-order valence-corrected chi connectivity index (χ0v) is 13.6. The maximum atomic E-state index is 13.0.